The molecule has 0 aromatic heterocycles. The van der Waals surface area contributed by atoms with E-state index in [1.807, 2.05) is 0 Å². The van der Waals surface area contributed by atoms with Crippen LogP contribution in [0.1, 0.15) is 10.4 Å². The summed E-state index contributed by atoms with van der Waals surface area (Å²) >= 11 is 8.35. The third-order valence-electron chi connectivity index (χ3n) is 2.37. The number of rotatable bonds is 7. The predicted octanol–water partition coefficient (Wildman–Crippen LogP) is 2.26. The van der Waals surface area contributed by atoms with Crippen LogP contribution in [0.3, 0.4) is 0 Å². The van der Waals surface area contributed by atoms with Crippen molar-refractivity contribution in [1.82, 2.24) is 10.6 Å². The maximum absolute atomic E-state index is 12.2. The van der Waals surface area contributed by atoms with E-state index < -0.39 is 0 Å². The van der Waals surface area contributed by atoms with Gasteiger partial charge in [0.2, 0.25) is 0 Å². The summed E-state index contributed by atoms with van der Waals surface area (Å²) in [6, 6.07) is 5.19. The van der Waals surface area contributed by atoms with Crippen molar-refractivity contribution in [2.75, 3.05) is 26.9 Å². The van der Waals surface area contributed by atoms with E-state index in [4.69, 9.17) is 21.7 Å². The summed E-state index contributed by atoms with van der Waals surface area (Å²) in [6.45, 7) is 4.85. The molecular formula is C14H17BrN2O3S. The Bertz CT molecular complexity index is 523. The Labute approximate surface area is 137 Å². The highest BCUT2D eigenvalue weighted by Gasteiger charge is 2.14. The van der Waals surface area contributed by atoms with Gasteiger partial charge in [0.05, 0.1) is 12.2 Å². The molecule has 0 unspecified atom stereocenters. The normalized spacial score (nSPS) is 9.81. The lowest BCUT2D eigenvalue weighted by Gasteiger charge is -2.13. The molecule has 0 saturated carbocycles. The highest BCUT2D eigenvalue weighted by atomic mass is 79.9. The number of nitrogens with one attached hydrogen (secondary N) is 2. The van der Waals surface area contributed by atoms with Gasteiger partial charge >= 0.3 is 0 Å². The molecule has 2 N–H and O–H groups in total. The van der Waals surface area contributed by atoms with Gasteiger partial charge in [0.1, 0.15) is 12.4 Å². The first-order valence-corrected chi connectivity index (χ1v) is 7.40. The van der Waals surface area contributed by atoms with Crippen molar-refractivity contribution in [2.45, 2.75) is 0 Å². The van der Waals surface area contributed by atoms with Gasteiger partial charge < -0.3 is 14.8 Å². The van der Waals surface area contributed by atoms with Crippen LogP contribution in [0.5, 0.6) is 5.75 Å². The van der Waals surface area contributed by atoms with Gasteiger partial charge in [0.15, 0.2) is 5.11 Å². The van der Waals surface area contributed by atoms with Gasteiger partial charge in [-0.15, -0.1) is 6.58 Å². The Hall–Kier alpha value is -1.44. The Morgan fingerprint density at radius 2 is 2.24 bits per heavy atom. The lowest BCUT2D eigenvalue weighted by molar-refractivity contribution is 0.0969. The number of hydrogen-bond donors (Lipinski definition) is 2. The fraction of sp³-hybridized carbons (Fsp3) is 0.286. The van der Waals surface area contributed by atoms with Crippen molar-refractivity contribution in [1.29, 1.82) is 0 Å². The molecule has 0 spiro atoms. The molecule has 1 rings (SSSR count). The van der Waals surface area contributed by atoms with E-state index in [1.54, 1.807) is 31.4 Å². The van der Waals surface area contributed by atoms with Crippen molar-refractivity contribution >= 4 is 39.2 Å². The second-order valence-electron chi connectivity index (χ2n) is 3.93. The highest BCUT2D eigenvalue weighted by molar-refractivity contribution is 9.10. The molecule has 114 valence electrons. The second kappa shape index (κ2) is 9.49. The van der Waals surface area contributed by atoms with Crippen molar-refractivity contribution in [3.63, 3.8) is 0 Å². The van der Waals surface area contributed by atoms with Crippen LogP contribution in [0, 0.1) is 0 Å². The molecule has 0 radical (unpaired) electrons. The van der Waals surface area contributed by atoms with Crippen molar-refractivity contribution < 1.29 is 14.3 Å². The zero-order chi connectivity index (χ0) is 15.7. The minimum absolute atomic E-state index is 0.239. The zero-order valence-corrected chi connectivity index (χ0v) is 14.1. The number of halogens is 1. The van der Waals surface area contributed by atoms with E-state index in [-0.39, 0.29) is 11.0 Å². The number of ether oxygens (including phenoxy) is 2. The van der Waals surface area contributed by atoms with Crippen molar-refractivity contribution in [3.05, 3.63) is 40.9 Å². The summed E-state index contributed by atoms with van der Waals surface area (Å²) < 4.78 is 11.2. The Kier molecular flexibility index (Phi) is 7.96. The van der Waals surface area contributed by atoms with Crippen LogP contribution in [0.15, 0.2) is 35.3 Å². The van der Waals surface area contributed by atoms with E-state index in [2.05, 4.69) is 33.1 Å². The third-order valence-corrected chi connectivity index (χ3v) is 3.10. The number of carbonyl (C=O) groups excluding carboxylic acids is 1. The van der Waals surface area contributed by atoms with Crippen LogP contribution >= 0.6 is 28.1 Å². The minimum Gasteiger partial charge on any atom is -0.490 e. The molecule has 0 bridgehead atoms. The fourth-order valence-corrected chi connectivity index (χ4v) is 1.96. The molecule has 21 heavy (non-hydrogen) atoms. The summed E-state index contributed by atoms with van der Waals surface area (Å²) in [4.78, 5) is 12.2. The molecule has 0 fully saturated rings. The van der Waals surface area contributed by atoms with Crippen molar-refractivity contribution in [3.8, 4) is 5.75 Å². The highest BCUT2D eigenvalue weighted by Crippen LogP contribution is 2.23. The van der Waals surface area contributed by atoms with E-state index in [9.17, 15) is 4.79 Å². The summed E-state index contributed by atoms with van der Waals surface area (Å²) in [5, 5.41) is 5.66. The molecule has 1 aromatic carbocycles. The first-order chi connectivity index (χ1) is 10.1. The summed E-state index contributed by atoms with van der Waals surface area (Å²) in [5.41, 5.74) is 0.392. The van der Waals surface area contributed by atoms with Crippen LogP contribution in [-0.4, -0.2) is 37.9 Å². The van der Waals surface area contributed by atoms with E-state index in [0.717, 1.165) is 4.47 Å². The molecule has 0 heterocycles. The topological polar surface area (TPSA) is 59.6 Å². The molecule has 1 amide bonds. The average Bonchev–Trinajstić information content (AvgIpc) is 2.46. The standard InChI is InChI=1S/C14H17BrN2O3S/c1-3-6-16-14(21)17-13(18)11-9-10(15)4-5-12(11)20-8-7-19-2/h3-5,9H,1,6-8H2,2H3,(H2,16,17,18,21). The van der Waals surface area contributed by atoms with E-state index in [1.165, 1.54) is 0 Å². The van der Waals surface area contributed by atoms with Crippen LogP contribution in [0.2, 0.25) is 0 Å². The molecule has 1 aromatic rings. The lowest BCUT2D eigenvalue weighted by atomic mass is 10.2. The molecular weight excluding hydrogens is 356 g/mol. The first-order valence-electron chi connectivity index (χ1n) is 6.20. The second-order valence-corrected chi connectivity index (χ2v) is 5.26. The largest absolute Gasteiger partial charge is 0.490 e. The minimum atomic E-state index is -0.342. The summed E-state index contributed by atoms with van der Waals surface area (Å²) in [7, 11) is 1.59. The van der Waals surface area contributed by atoms with Crippen LogP contribution in [0.4, 0.5) is 0 Å². The van der Waals surface area contributed by atoms with Gasteiger partial charge in [0.25, 0.3) is 5.91 Å². The van der Waals surface area contributed by atoms with E-state index >= 15 is 0 Å². The zero-order valence-electron chi connectivity index (χ0n) is 11.6. The number of hydrogen-bond acceptors (Lipinski definition) is 4. The molecule has 0 aliphatic heterocycles. The van der Waals surface area contributed by atoms with Gasteiger partial charge in [-0.25, -0.2) is 0 Å². The van der Waals surface area contributed by atoms with Gasteiger partial charge in [-0.3, -0.25) is 10.1 Å². The Morgan fingerprint density at radius 3 is 2.90 bits per heavy atom. The monoisotopic (exact) mass is 372 g/mol. The maximum Gasteiger partial charge on any atom is 0.261 e. The SMILES string of the molecule is C=CCNC(=S)NC(=O)c1cc(Br)ccc1OCCOC. The molecule has 0 atom stereocenters. The van der Waals surface area contributed by atoms with Gasteiger partial charge in [-0.2, -0.15) is 0 Å². The number of benzene rings is 1. The first kappa shape index (κ1) is 17.6. The van der Waals surface area contributed by atoms with Crippen LogP contribution < -0.4 is 15.4 Å². The smallest absolute Gasteiger partial charge is 0.261 e. The third kappa shape index (κ3) is 6.24. The Balaban J connectivity index is 2.78. The quantitative estimate of drug-likeness (QED) is 0.436. The van der Waals surface area contributed by atoms with Crippen LogP contribution in [-0.2, 0) is 4.74 Å². The van der Waals surface area contributed by atoms with Crippen molar-refractivity contribution in [2.24, 2.45) is 0 Å². The predicted molar refractivity (Wildman–Crippen MR) is 89.8 cm³/mol. The summed E-state index contributed by atoms with van der Waals surface area (Å²) in [5.74, 6) is 0.129. The van der Waals surface area contributed by atoms with Crippen LogP contribution in [0.25, 0.3) is 0 Å². The maximum atomic E-state index is 12.2. The number of methoxy groups -OCH3 is 1. The molecule has 0 aliphatic carbocycles. The Morgan fingerprint density at radius 1 is 1.48 bits per heavy atom. The number of carbonyl (C=O) groups is 1. The number of amides is 1. The average molecular weight is 373 g/mol. The molecule has 7 heteroatoms. The molecule has 0 aliphatic rings. The van der Waals surface area contributed by atoms with Gasteiger partial charge in [0, 0.05) is 18.1 Å². The molecule has 0 saturated heterocycles. The van der Waals surface area contributed by atoms with E-state index in [0.29, 0.717) is 31.1 Å². The van der Waals surface area contributed by atoms with Gasteiger partial charge in [-0.1, -0.05) is 22.0 Å². The molecule has 5 nitrogen and oxygen atoms in total. The van der Waals surface area contributed by atoms with Gasteiger partial charge in [-0.05, 0) is 30.4 Å². The fourth-order valence-electron chi connectivity index (χ4n) is 1.42. The lowest BCUT2D eigenvalue weighted by Crippen LogP contribution is -2.39. The number of thiocarbonyl (C=S) groups is 1. The summed E-state index contributed by atoms with van der Waals surface area (Å²) in [6.07, 6.45) is 1.65.